The number of aromatic nitrogens is 4. The van der Waals surface area contributed by atoms with Crippen LogP contribution in [0.15, 0.2) is 55.1 Å². The number of hydrogen-bond donors (Lipinski definition) is 0. The van der Waals surface area contributed by atoms with Gasteiger partial charge in [0.05, 0.1) is 49.4 Å². The van der Waals surface area contributed by atoms with Gasteiger partial charge in [-0.1, -0.05) is 11.8 Å². The fraction of sp³-hybridized carbons (Fsp3) is 0.214. The highest BCUT2D eigenvalue weighted by atomic mass is 16.5. The molecule has 0 spiro atoms. The zero-order valence-corrected chi connectivity index (χ0v) is 19.9. The number of nitriles is 1. The molecule has 182 valence electrons. The van der Waals surface area contributed by atoms with E-state index in [0.29, 0.717) is 54.6 Å². The van der Waals surface area contributed by atoms with Gasteiger partial charge >= 0.3 is 0 Å². The zero-order valence-electron chi connectivity index (χ0n) is 19.9. The van der Waals surface area contributed by atoms with Crippen LogP contribution in [0.5, 0.6) is 11.5 Å². The van der Waals surface area contributed by atoms with Crippen LogP contribution in [0, 0.1) is 36.0 Å². The van der Waals surface area contributed by atoms with Crippen molar-refractivity contribution in [3.8, 4) is 53.4 Å². The lowest BCUT2D eigenvalue weighted by Gasteiger charge is -2.39. The average molecular weight is 491 g/mol. The molecule has 5 rings (SSSR count). The molecule has 37 heavy (non-hydrogen) atoms. The Morgan fingerprint density at radius 3 is 2.62 bits per heavy atom. The second-order valence-electron chi connectivity index (χ2n) is 8.23. The van der Waals surface area contributed by atoms with Crippen molar-refractivity contribution >= 4 is 11.3 Å². The summed E-state index contributed by atoms with van der Waals surface area (Å²) in [5.74, 6) is 7.03. The summed E-state index contributed by atoms with van der Waals surface area (Å²) in [7, 11) is 0. The van der Waals surface area contributed by atoms with Crippen LogP contribution in [-0.4, -0.2) is 58.6 Å². The first-order chi connectivity index (χ1) is 18.2. The second-order valence-corrected chi connectivity index (χ2v) is 8.23. The van der Waals surface area contributed by atoms with E-state index in [2.05, 4.69) is 37.9 Å². The Balaban J connectivity index is 1.29. The highest BCUT2D eigenvalue weighted by Gasteiger charge is 2.29. The van der Waals surface area contributed by atoms with Gasteiger partial charge in [0.25, 0.3) is 0 Å². The van der Waals surface area contributed by atoms with Gasteiger partial charge in [0.15, 0.2) is 0 Å². The molecule has 1 saturated heterocycles. The Labute approximate surface area is 214 Å². The third kappa shape index (κ3) is 5.16. The molecule has 1 aliphatic rings. The van der Waals surface area contributed by atoms with E-state index >= 15 is 0 Å². The molecule has 0 atom stereocenters. The Morgan fingerprint density at radius 1 is 1.03 bits per heavy atom. The second kappa shape index (κ2) is 10.7. The largest absolute Gasteiger partial charge is 0.490 e. The van der Waals surface area contributed by atoms with E-state index in [9.17, 15) is 5.26 Å². The molecule has 0 amide bonds. The van der Waals surface area contributed by atoms with Crippen molar-refractivity contribution in [3.05, 3.63) is 66.4 Å². The number of hydrogen-bond acceptors (Lipinski definition) is 8. The summed E-state index contributed by atoms with van der Waals surface area (Å²) in [4.78, 5) is 10.9. The van der Waals surface area contributed by atoms with Gasteiger partial charge in [-0.25, -0.2) is 14.5 Å². The van der Waals surface area contributed by atoms with Crippen molar-refractivity contribution in [2.24, 2.45) is 0 Å². The third-order valence-electron chi connectivity index (χ3n) is 5.81. The first-order valence-corrected chi connectivity index (χ1v) is 11.5. The fourth-order valence-corrected chi connectivity index (χ4v) is 3.99. The summed E-state index contributed by atoms with van der Waals surface area (Å²) >= 11 is 0. The van der Waals surface area contributed by atoms with Crippen LogP contribution in [0.1, 0.15) is 11.3 Å². The molecule has 0 unspecified atom stereocenters. The van der Waals surface area contributed by atoms with E-state index in [-0.39, 0.29) is 12.7 Å². The van der Waals surface area contributed by atoms with Gasteiger partial charge in [0.1, 0.15) is 48.4 Å². The summed E-state index contributed by atoms with van der Waals surface area (Å²) in [6, 6.07) is 11.6. The molecular weight excluding hydrogens is 468 g/mol. The minimum absolute atomic E-state index is 0.0445. The molecule has 0 saturated carbocycles. The summed E-state index contributed by atoms with van der Waals surface area (Å²) in [6.07, 6.45) is 17.3. The SMILES string of the molecule is C#CCOCCOc1cc(-c2ccc(N3CC(Oc4ccc(C#C)nc4)C3)nc2)c2c(C#N)cnn2c1. The first-order valence-electron chi connectivity index (χ1n) is 11.5. The predicted molar refractivity (Wildman–Crippen MR) is 137 cm³/mol. The van der Waals surface area contributed by atoms with E-state index in [4.69, 9.17) is 27.1 Å². The maximum atomic E-state index is 9.59. The number of nitrogens with zero attached hydrogens (tertiary/aromatic N) is 6. The smallest absolute Gasteiger partial charge is 0.138 e. The molecule has 4 aromatic rings. The van der Waals surface area contributed by atoms with Crippen LogP contribution in [-0.2, 0) is 4.74 Å². The zero-order chi connectivity index (χ0) is 25.6. The Bertz CT molecular complexity index is 1520. The first kappa shape index (κ1) is 23.7. The van der Waals surface area contributed by atoms with Crippen LogP contribution in [0.4, 0.5) is 5.82 Å². The lowest BCUT2D eigenvalue weighted by Crippen LogP contribution is -2.54. The van der Waals surface area contributed by atoms with E-state index in [0.717, 1.165) is 16.9 Å². The summed E-state index contributed by atoms with van der Waals surface area (Å²) in [5.41, 5.74) is 3.37. The quantitative estimate of drug-likeness (QED) is 0.261. The van der Waals surface area contributed by atoms with Gasteiger partial charge in [-0.15, -0.1) is 12.8 Å². The van der Waals surface area contributed by atoms with Gasteiger partial charge in [-0.05, 0) is 30.3 Å². The van der Waals surface area contributed by atoms with Crippen molar-refractivity contribution in [2.45, 2.75) is 6.10 Å². The molecule has 0 N–H and O–H groups in total. The minimum atomic E-state index is 0.0445. The topological polar surface area (TPSA) is 97.8 Å². The van der Waals surface area contributed by atoms with Gasteiger partial charge in [0, 0.05) is 17.3 Å². The van der Waals surface area contributed by atoms with E-state index in [1.807, 2.05) is 24.3 Å². The predicted octanol–water partition coefficient (Wildman–Crippen LogP) is 2.94. The van der Waals surface area contributed by atoms with Crippen LogP contribution < -0.4 is 14.4 Å². The molecular formula is C28H22N6O3. The molecule has 1 fully saturated rings. The Hall–Kier alpha value is -5.04. The number of rotatable bonds is 9. The third-order valence-corrected chi connectivity index (χ3v) is 5.81. The van der Waals surface area contributed by atoms with Crippen molar-refractivity contribution in [1.82, 2.24) is 19.6 Å². The molecule has 0 aromatic carbocycles. The summed E-state index contributed by atoms with van der Waals surface area (Å²) in [6.45, 7) is 2.35. The summed E-state index contributed by atoms with van der Waals surface area (Å²) < 4.78 is 18.7. The van der Waals surface area contributed by atoms with Gasteiger partial charge in [-0.2, -0.15) is 10.4 Å². The van der Waals surface area contributed by atoms with Gasteiger partial charge in [0.2, 0.25) is 0 Å². The van der Waals surface area contributed by atoms with Crippen LogP contribution >= 0.6 is 0 Å². The van der Waals surface area contributed by atoms with E-state index in [1.165, 1.54) is 6.20 Å². The molecule has 0 radical (unpaired) electrons. The standard InChI is InChI=1S/C28H22N6O3/c1-3-9-35-10-11-36-24-12-26(28-21(13-29)15-32-34(28)19-24)20-5-8-27(31-14-20)33-17-25(18-33)37-23-7-6-22(4-2)30-16-23/h1-2,5-8,12,14-16,19,25H,9-11,17-18H2. The summed E-state index contributed by atoms with van der Waals surface area (Å²) in [5, 5.41) is 13.9. The van der Waals surface area contributed by atoms with Crippen molar-refractivity contribution in [1.29, 1.82) is 5.26 Å². The number of pyridine rings is 3. The molecule has 0 bridgehead atoms. The monoisotopic (exact) mass is 490 g/mol. The highest BCUT2D eigenvalue weighted by molar-refractivity contribution is 5.85. The lowest BCUT2D eigenvalue weighted by molar-refractivity contribution is 0.124. The minimum Gasteiger partial charge on any atom is -0.490 e. The van der Waals surface area contributed by atoms with E-state index < -0.39 is 0 Å². The average Bonchev–Trinajstić information content (AvgIpc) is 3.33. The maximum absolute atomic E-state index is 9.59. The number of terminal acetylenes is 2. The lowest BCUT2D eigenvalue weighted by atomic mass is 10.0. The fourth-order valence-electron chi connectivity index (χ4n) is 3.99. The van der Waals surface area contributed by atoms with Gasteiger partial charge < -0.3 is 19.1 Å². The molecule has 9 nitrogen and oxygen atoms in total. The molecule has 1 aliphatic heterocycles. The van der Waals surface area contributed by atoms with Crippen molar-refractivity contribution < 1.29 is 14.2 Å². The number of fused-ring (bicyclic) bond motifs is 1. The van der Waals surface area contributed by atoms with Crippen molar-refractivity contribution in [3.63, 3.8) is 0 Å². The molecule has 4 aromatic heterocycles. The van der Waals surface area contributed by atoms with Crippen molar-refractivity contribution in [2.75, 3.05) is 37.8 Å². The normalized spacial score (nSPS) is 12.8. The molecule has 9 heteroatoms. The Kier molecular flexibility index (Phi) is 6.85. The van der Waals surface area contributed by atoms with Gasteiger partial charge in [-0.3, -0.25) is 0 Å². The highest BCUT2D eigenvalue weighted by Crippen LogP contribution is 2.32. The number of ether oxygens (including phenoxy) is 3. The molecule has 0 aliphatic carbocycles. The Morgan fingerprint density at radius 2 is 1.92 bits per heavy atom. The maximum Gasteiger partial charge on any atom is 0.138 e. The van der Waals surface area contributed by atoms with Crippen LogP contribution in [0.25, 0.3) is 16.6 Å². The molecule has 5 heterocycles. The number of anilines is 1. The van der Waals surface area contributed by atoms with E-state index in [1.54, 1.807) is 29.2 Å². The van der Waals surface area contributed by atoms with Crippen LogP contribution in [0.2, 0.25) is 0 Å². The van der Waals surface area contributed by atoms with Crippen LogP contribution in [0.3, 0.4) is 0 Å².